The van der Waals surface area contributed by atoms with Gasteiger partial charge in [-0.25, -0.2) is 8.78 Å². The van der Waals surface area contributed by atoms with Gasteiger partial charge in [-0.05, 0) is 25.8 Å². The SMILES string of the molecule is CC(O)(CCCC(F)(F)F)c1ccc(F)cc1F. The molecule has 0 saturated heterocycles. The van der Waals surface area contributed by atoms with E-state index < -0.39 is 29.8 Å². The first-order valence-electron chi connectivity index (χ1n) is 5.36. The summed E-state index contributed by atoms with van der Waals surface area (Å²) >= 11 is 0. The van der Waals surface area contributed by atoms with Gasteiger partial charge in [0.2, 0.25) is 0 Å². The first-order chi connectivity index (χ1) is 8.12. The molecule has 1 aromatic rings. The average Bonchev–Trinajstić information content (AvgIpc) is 2.13. The van der Waals surface area contributed by atoms with Crippen molar-refractivity contribution in [1.29, 1.82) is 0 Å². The third-order valence-corrected chi connectivity index (χ3v) is 2.64. The fraction of sp³-hybridized carbons (Fsp3) is 0.500. The first kappa shape index (κ1) is 14.9. The van der Waals surface area contributed by atoms with Gasteiger partial charge >= 0.3 is 6.18 Å². The summed E-state index contributed by atoms with van der Waals surface area (Å²) in [7, 11) is 0. The number of hydrogen-bond donors (Lipinski definition) is 1. The Hall–Kier alpha value is -1.17. The molecule has 1 rings (SSSR count). The van der Waals surface area contributed by atoms with Gasteiger partial charge in [0.1, 0.15) is 11.6 Å². The Bertz CT molecular complexity index is 411. The van der Waals surface area contributed by atoms with Crippen LogP contribution in [0, 0.1) is 11.6 Å². The molecule has 102 valence electrons. The lowest BCUT2D eigenvalue weighted by Gasteiger charge is -2.24. The molecule has 1 atom stereocenters. The number of rotatable bonds is 4. The van der Waals surface area contributed by atoms with Crippen molar-refractivity contribution in [2.75, 3.05) is 0 Å². The third-order valence-electron chi connectivity index (χ3n) is 2.64. The second-order valence-electron chi connectivity index (χ2n) is 4.37. The summed E-state index contributed by atoms with van der Waals surface area (Å²) in [5.41, 5.74) is -1.95. The quantitative estimate of drug-likeness (QED) is 0.821. The zero-order valence-electron chi connectivity index (χ0n) is 9.69. The number of halogens is 5. The van der Waals surface area contributed by atoms with E-state index in [1.54, 1.807) is 0 Å². The van der Waals surface area contributed by atoms with Gasteiger partial charge in [0, 0.05) is 18.1 Å². The Morgan fingerprint density at radius 2 is 1.72 bits per heavy atom. The zero-order chi connectivity index (χ0) is 14.0. The fourth-order valence-electron chi connectivity index (χ4n) is 1.69. The van der Waals surface area contributed by atoms with Crippen molar-refractivity contribution in [3.63, 3.8) is 0 Å². The summed E-state index contributed by atoms with van der Waals surface area (Å²) in [5, 5.41) is 9.92. The van der Waals surface area contributed by atoms with E-state index in [1.165, 1.54) is 6.92 Å². The summed E-state index contributed by atoms with van der Waals surface area (Å²) in [6.45, 7) is 1.21. The maximum absolute atomic E-state index is 13.4. The van der Waals surface area contributed by atoms with E-state index in [1.807, 2.05) is 0 Å². The van der Waals surface area contributed by atoms with Crippen LogP contribution in [0.15, 0.2) is 18.2 Å². The number of aliphatic hydroxyl groups is 1. The molecule has 0 bridgehead atoms. The van der Waals surface area contributed by atoms with Crippen LogP contribution in [0.3, 0.4) is 0 Å². The number of benzene rings is 1. The normalized spacial score (nSPS) is 15.5. The summed E-state index contributed by atoms with van der Waals surface area (Å²) in [4.78, 5) is 0. The monoisotopic (exact) mass is 268 g/mol. The van der Waals surface area contributed by atoms with Crippen molar-refractivity contribution in [3.8, 4) is 0 Å². The van der Waals surface area contributed by atoms with Crippen LogP contribution in [0.25, 0.3) is 0 Å². The zero-order valence-corrected chi connectivity index (χ0v) is 9.69. The predicted molar refractivity (Wildman–Crippen MR) is 55.8 cm³/mol. The predicted octanol–water partition coefficient (Wildman–Crippen LogP) is 3.90. The van der Waals surface area contributed by atoms with Crippen LogP contribution >= 0.6 is 0 Å². The summed E-state index contributed by atoms with van der Waals surface area (Å²) in [6.07, 6.45) is -5.94. The summed E-state index contributed by atoms with van der Waals surface area (Å²) in [5.74, 6) is -1.77. The highest BCUT2D eigenvalue weighted by Gasteiger charge is 2.31. The lowest BCUT2D eigenvalue weighted by atomic mass is 9.90. The largest absolute Gasteiger partial charge is 0.389 e. The topological polar surface area (TPSA) is 20.2 Å². The molecule has 0 amide bonds. The van der Waals surface area contributed by atoms with Gasteiger partial charge in [0.05, 0.1) is 5.60 Å². The molecule has 1 aromatic carbocycles. The van der Waals surface area contributed by atoms with E-state index in [0.29, 0.717) is 6.07 Å². The Balaban J connectivity index is 2.73. The maximum atomic E-state index is 13.4. The minimum Gasteiger partial charge on any atom is -0.385 e. The van der Waals surface area contributed by atoms with Gasteiger partial charge in [-0.2, -0.15) is 13.2 Å². The van der Waals surface area contributed by atoms with E-state index in [9.17, 15) is 27.1 Å². The van der Waals surface area contributed by atoms with E-state index >= 15 is 0 Å². The molecule has 0 spiro atoms. The minimum absolute atomic E-state index is 0.203. The molecule has 0 aliphatic carbocycles. The van der Waals surface area contributed by atoms with Gasteiger partial charge < -0.3 is 5.11 Å². The van der Waals surface area contributed by atoms with Crippen molar-refractivity contribution in [2.45, 2.75) is 38.0 Å². The average molecular weight is 268 g/mol. The number of hydrogen-bond acceptors (Lipinski definition) is 1. The molecular formula is C12H13F5O. The minimum atomic E-state index is -4.31. The molecule has 0 aromatic heterocycles. The van der Waals surface area contributed by atoms with Crippen molar-refractivity contribution in [2.24, 2.45) is 0 Å². The first-order valence-corrected chi connectivity index (χ1v) is 5.36. The molecule has 1 N–H and O–H groups in total. The summed E-state index contributed by atoms with van der Waals surface area (Å²) < 4.78 is 61.9. The highest BCUT2D eigenvalue weighted by molar-refractivity contribution is 5.24. The van der Waals surface area contributed by atoms with Crippen LogP contribution in [0.2, 0.25) is 0 Å². The van der Waals surface area contributed by atoms with Crippen molar-refractivity contribution in [3.05, 3.63) is 35.4 Å². The van der Waals surface area contributed by atoms with Crippen molar-refractivity contribution >= 4 is 0 Å². The Morgan fingerprint density at radius 3 is 2.22 bits per heavy atom. The molecule has 18 heavy (non-hydrogen) atoms. The third kappa shape index (κ3) is 4.25. The highest BCUT2D eigenvalue weighted by Crippen LogP contribution is 2.31. The fourth-order valence-corrected chi connectivity index (χ4v) is 1.69. The van der Waals surface area contributed by atoms with Gasteiger partial charge in [-0.15, -0.1) is 0 Å². The van der Waals surface area contributed by atoms with Crippen LogP contribution in [-0.2, 0) is 5.60 Å². The smallest absolute Gasteiger partial charge is 0.385 e. The van der Waals surface area contributed by atoms with Crippen LogP contribution in [0.5, 0.6) is 0 Å². The molecule has 0 heterocycles. The number of alkyl halides is 3. The molecular weight excluding hydrogens is 255 g/mol. The molecule has 0 aliphatic heterocycles. The molecule has 1 nitrogen and oxygen atoms in total. The van der Waals surface area contributed by atoms with Crippen molar-refractivity contribution < 1.29 is 27.1 Å². The van der Waals surface area contributed by atoms with Crippen molar-refractivity contribution in [1.82, 2.24) is 0 Å². The van der Waals surface area contributed by atoms with E-state index in [4.69, 9.17) is 0 Å². The molecule has 0 radical (unpaired) electrons. The maximum Gasteiger partial charge on any atom is 0.389 e. The molecule has 0 aliphatic rings. The van der Waals surface area contributed by atoms with E-state index in [-0.39, 0.29) is 18.4 Å². The Labute approximate surface area is 101 Å². The molecule has 6 heteroatoms. The van der Waals surface area contributed by atoms with Gasteiger partial charge in [0.15, 0.2) is 0 Å². The van der Waals surface area contributed by atoms with Crippen LogP contribution in [0.1, 0.15) is 31.7 Å². The van der Waals surface area contributed by atoms with Crippen LogP contribution in [-0.4, -0.2) is 11.3 Å². The van der Waals surface area contributed by atoms with E-state index in [0.717, 1.165) is 12.1 Å². The lowest BCUT2D eigenvalue weighted by molar-refractivity contribution is -0.137. The Morgan fingerprint density at radius 1 is 1.11 bits per heavy atom. The van der Waals surface area contributed by atoms with Gasteiger partial charge in [0.25, 0.3) is 0 Å². The summed E-state index contributed by atoms with van der Waals surface area (Å²) in [6, 6.07) is 2.59. The van der Waals surface area contributed by atoms with Crippen LogP contribution in [0.4, 0.5) is 22.0 Å². The lowest BCUT2D eigenvalue weighted by Crippen LogP contribution is -2.23. The second kappa shape index (κ2) is 5.22. The van der Waals surface area contributed by atoms with Crippen LogP contribution < -0.4 is 0 Å². The standard InChI is InChI=1S/C12H13F5O/c1-11(18,5-2-6-12(15,16)17)9-4-3-8(13)7-10(9)14/h3-4,7,18H,2,5-6H2,1H3. The van der Waals surface area contributed by atoms with E-state index in [2.05, 4.69) is 0 Å². The molecule has 0 fully saturated rings. The molecule has 1 unspecified atom stereocenters. The Kier molecular flexibility index (Phi) is 4.32. The van der Waals surface area contributed by atoms with Gasteiger partial charge in [-0.1, -0.05) is 6.07 Å². The van der Waals surface area contributed by atoms with Gasteiger partial charge in [-0.3, -0.25) is 0 Å². The molecule has 0 saturated carbocycles. The second-order valence-corrected chi connectivity index (χ2v) is 4.37. The highest BCUT2D eigenvalue weighted by atomic mass is 19.4.